The molecule has 0 atom stereocenters. The molecule has 0 aliphatic heterocycles. The molecule has 0 saturated heterocycles. The Hall–Kier alpha value is -2.73. The third kappa shape index (κ3) is 1.84. The molecule has 0 amide bonds. The van der Waals surface area contributed by atoms with Crippen LogP contribution in [-0.4, -0.2) is 19.5 Å². The summed E-state index contributed by atoms with van der Waals surface area (Å²) >= 11 is 0. The molecule has 2 aromatic rings. The molecule has 0 aliphatic carbocycles. The third-order valence-corrected chi connectivity index (χ3v) is 2.17. The van der Waals surface area contributed by atoms with Crippen molar-refractivity contribution in [1.29, 1.82) is 10.5 Å². The van der Waals surface area contributed by atoms with Crippen LogP contribution in [0.1, 0.15) is 22.8 Å². The molecule has 0 fully saturated rings. The smallest absolute Gasteiger partial charge is 0.236 e. The van der Waals surface area contributed by atoms with E-state index < -0.39 is 0 Å². The molecule has 17 heavy (non-hydrogen) atoms. The number of nitriles is 2. The minimum Gasteiger partial charge on any atom is -0.257 e. The summed E-state index contributed by atoms with van der Waals surface area (Å²) in [7, 11) is 0. The Balaban J connectivity index is 2.66. The summed E-state index contributed by atoms with van der Waals surface area (Å²) in [4.78, 5) is 12.3. The van der Waals surface area contributed by atoms with Crippen molar-refractivity contribution < 1.29 is 0 Å². The number of hydrogen-bond acceptors (Lipinski definition) is 5. The van der Waals surface area contributed by atoms with E-state index in [1.807, 2.05) is 32.1 Å². The maximum absolute atomic E-state index is 9.00. The van der Waals surface area contributed by atoms with E-state index >= 15 is 0 Å². The third-order valence-electron chi connectivity index (χ3n) is 2.17. The Bertz CT molecular complexity index is 635. The number of rotatable bonds is 1. The molecule has 0 aromatic carbocycles. The first-order chi connectivity index (χ1) is 8.15. The van der Waals surface area contributed by atoms with Crippen molar-refractivity contribution in [2.24, 2.45) is 0 Å². The lowest BCUT2D eigenvalue weighted by atomic mass is 10.3. The van der Waals surface area contributed by atoms with Gasteiger partial charge in [0.2, 0.25) is 5.95 Å². The fourth-order valence-electron chi connectivity index (χ4n) is 1.50. The Morgan fingerprint density at radius 1 is 1.12 bits per heavy atom. The Labute approximate surface area is 97.8 Å². The van der Waals surface area contributed by atoms with Crippen LogP contribution in [0.2, 0.25) is 0 Å². The van der Waals surface area contributed by atoms with Crippen LogP contribution in [0.3, 0.4) is 0 Å². The monoisotopic (exact) mass is 224 g/mol. The largest absolute Gasteiger partial charge is 0.257 e. The highest BCUT2D eigenvalue weighted by Gasteiger charge is 2.13. The Morgan fingerprint density at radius 3 is 2.29 bits per heavy atom. The molecule has 0 radical (unpaired) electrons. The number of nitrogens with zero attached hydrogens (tertiary/aromatic N) is 6. The quantitative estimate of drug-likeness (QED) is 0.721. The molecule has 2 aromatic heterocycles. The Morgan fingerprint density at radius 2 is 1.76 bits per heavy atom. The first kappa shape index (κ1) is 10.8. The van der Waals surface area contributed by atoms with Gasteiger partial charge in [-0.1, -0.05) is 0 Å². The molecule has 0 unspecified atom stereocenters. The lowest BCUT2D eigenvalue weighted by Gasteiger charge is -2.03. The molecule has 0 bridgehead atoms. The Kier molecular flexibility index (Phi) is 2.55. The first-order valence-electron chi connectivity index (χ1n) is 4.86. The van der Waals surface area contributed by atoms with Crippen LogP contribution >= 0.6 is 0 Å². The first-order valence-corrected chi connectivity index (χ1v) is 4.86. The van der Waals surface area contributed by atoms with E-state index in [0.717, 1.165) is 11.4 Å². The van der Waals surface area contributed by atoms with Crippen molar-refractivity contribution in [2.45, 2.75) is 13.8 Å². The number of imidazole rings is 1. The molecule has 2 heterocycles. The van der Waals surface area contributed by atoms with E-state index in [2.05, 4.69) is 15.0 Å². The standard InChI is InChI=1S/C11H8N6/c1-7-3-8(2)16-11(15-7)17-6-14-9(4-12)10(17)5-13/h3,6H,1-2H3. The van der Waals surface area contributed by atoms with Gasteiger partial charge < -0.3 is 0 Å². The van der Waals surface area contributed by atoms with Crippen molar-refractivity contribution in [2.75, 3.05) is 0 Å². The lowest BCUT2D eigenvalue weighted by molar-refractivity contribution is 0.883. The average molecular weight is 224 g/mol. The summed E-state index contributed by atoms with van der Waals surface area (Å²) in [5.41, 5.74) is 1.82. The van der Waals surface area contributed by atoms with Gasteiger partial charge in [0.25, 0.3) is 0 Å². The van der Waals surface area contributed by atoms with E-state index in [-0.39, 0.29) is 11.4 Å². The fraction of sp³-hybridized carbons (Fsp3) is 0.182. The molecule has 0 saturated carbocycles. The van der Waals surface area contributed by atoms with E-state index in [0.29, 0.717) is 5.95 Å². The number of hydrogen-bond donors (Lipinski definition) is 0. The minimum absolute atomic E-state index is 0.0789. The zero-order valence-electron chi connectivity index (χ0n) is 9.34. The van der Waals surface area contributed by atoms with Gasteiger partial charge in [0.1, 0.15) is 18.5 Å². The van der Waals surface area contributed by atoms with Gasteiger partial charge in [-0.3, -0.25) is 4.57 Å². The van der Waals surface area contributed by atoms with E-state index in [4.69, 9.17) is 10.5 Å². The van der Waals surface area contributed by atoms with Crippen molar-refractivity contribution >= 4 is 0 Å². The van der Waals surface area contributed by atoms with Crippen LogP contribution in [0.25, 0.3) is 5.95 Å². The van der Waals surface area contributed by atoms with Crippen LogP contribution in [0, 0.1) is 36.5 Å². The zero-order chi connectivity index (χ0) is 12.4. The number of aromatic nitrogens is 4. The molecule has 6 heteroatoms. The SMILES string of the molecule is Cc1cc(C)nc(-n2cnc(C#N)c2C#N)n1. The number of aryl methyl sites for hydroxylation is 2. The van der Waals surface area contributed by atoms with Crippen LogP contribution in [0.5, 0.6) is 0 Å². The van der Waals surface area contributed by atoms with E-state index in [9.17, 15) is 0 Å². The maximum atomic E-state index is 9.00. The molecule has 0 spiro atoms. The van der Waals surface area contributed by atoms with Gasteiger partial charge in [-0.15, -0.1) is 0 Å². The van der Waals surface area contributed by atoms with Crippen LogP contribution in [0.15, 0.2) is 12.4 Å². The predicted molar refractivity (Wildman–Crippen MR) is 58.1 cm³/mol. The second-order valence-electron chi connectivity index (χ2n) is 3.49. The highest BCUT2D eigenvalue weighted by Crippen LogP contribution is 2.11. The van der Waals surface area contributed by atoms with Crippen molar-refractivity contribution in [3.63, 3.8) is 0 Å². The molecule has 6 nitrogen and oxygen atoms in total. The summed E-state index contributed by atoms with van der Waals surface area (Å²) in [6, 6.07) is 5.62. The summed E-state index contributed by atoms with van der Waals surface area (Å²) in [6.07, 6.45) is 1.38. The van der Waals surface area contributed by atoms with Gasteiger partial charge in [-0.05, 0) is 19.9 Å². The van der Waals surface area contributed by atoms with Gasteiger partial charge in [0.05, 0.1) is 0 Å². The fourth-order valence-corrected chi connectivity index (χ4v) is 1.50. The summed E-state index contributed by atoms with van der Waals surface area (Å²) in [6.45, 7) is 3.68. The highest BCUT2D eigenvalue weighted by atomic mass is 15.2. The maximum Gasteiger partial charge on any atom is 0.236 e. The topological polar surface area (TPSA) is 91.2 Å². The van der Waals surface area contributed by atoms with Crippen molar-refractivity contribution in [1.82, 2.24) is 19.5 Å². The second-order valence-corrected chi connectivity index (χ2v) is 3.49. The van der Waals surface area contributed by atoms with Crippen LogP contribution < -0.4 is 0 Å². The van der Waals surface area contributed by atoms with E-state index in [1.54, 1.807) is 0 Å². The van der Waals surface area contributed by atoms with Gasteiger partial charge in [-0.2, -0.15) is 10.5 Å². The predicted octanol–water partition coefficient (Wildman–Crippen LogP) is 1.02. The van der Waals surface area contributed by atoms with Crippen LogP contribution in [0.4, 0.5) is 0 Å². The average Bonchev–Trinajstić information content (AvgIpc) is 2.70. The van der Waals surface area contributed by atoms with Crippen LogP contribution in [-0.2, 0) is 0 Å². The summed E-state index contributed by atoms with van der Waals surface area (Å²) in [5.74, 6) is 0.355. The second kappa shape index (κ2) is 4.03. The van der Waals surface area contributed by atoms with Crippen molar-refractivity contribution in [3.8, 4) is 18.1 Å². The van der Waals surface area contributed by atoms with Gasteiger partial charge in [-0.25, -0.2) is 15.0 Å². The molecular formula is C11H8N6. The highest BCUT2D eigenvalue weighted by molar-refractivity contribution is 5.40. The van der Waals surface area contributed by atoms with Gasteiger partial charge in [0.15, 0.2) is 11.4 Å². The molecule has 0 aliphatic rings. The zero-order valence-corrected chi connectivity index (χ0v) is 9.34. The molecule has 2 rings (SSSR count). The normalized spacial score (nSPS) is 9.65. The minimum atomic E-state index is 0.0789. The molecule has 0 N–H and O–H groups in total. The molecular weight excluding hydrogens is 216 g/mol. The summed E-state index contributed by atoms with van der Waals surface area (Å²) in [5, 5.41) is 17.8. The molecule has 82 valence electrons. The van der Waals surface area contributed by atoms with Gasteiger partial charge >= 0.3 is 0 Å². The van der Waals surface area contributed by atoms with E-state index in [1.165, 1.54) is 10.9 Å². The van der Waals surface area contributed by atoms with Crippen molar-refractivity contribution in [3.05, 3.63) is 35.2 Å². The van der Waals surface area contributed by atoms with Gasteiger partial charge in [0, 0.05) is 11.4 Å². The summed E-state index contributed by atoms with van der Waals surface area (Å²) < 4.78 is 1.42. The lowest BCUT2D eigenvalue weighted by Crippen LogP contribution is -2.05.